The lowest BCUT2D eigenvalue weighted by molar-refractivity contribution is -0.143. The van der Waals surface area contributed by atoms with Crippen LogP contribution in [0, 0.1) is 0 Å². The Kier molecular flexibility index (Phi) is 8.36. The molecule has 14 heteroatoms. The molecule has 0 saturated carbocycles. The summed E-state index contributed by atoms with van der Waals surface area (Å²) >= 11 is 6.14. The zero-order valence-electron chi connectivity index (χ0n) is 22.2. The number of aliphatic carboxylic acids is 1. The van der Waals surface area contributed by atoms with Crippen LogP contribution in [0.1, 0.15) is 53.8 Å². The molecule has 224 valence electrons. The fraction of sp³-hybridized carbons (Fsp3) is 0.321. The number of carboxylic acid groups (broad SMARTS) is 1. The number of carboxylic acids is 1. The van der Waals surface area contributed by atoms with Gasteiger partial charge in [-0.1, -0.05) is 17.7 Å². The molecule has 0 spiro atoms. The minimum atomic E-state index is -5.08. The van der Waals surface area contributed by atoms with Crippen LogP contribution >= 0.6 is 11.6 Å². The third-order valence-electron chi connectivity index (χ3n) is 6.98. The molecule has 2 aromatic carbocycles. The highest BCUT2D eigenvalue weighted by Crippen LogP contribution is 2.42. The summed E-state index contributed by atoms with van der Waals surface area (Å²) in [5.74, 6) is -1.59. The van der Waals surface area contributed by atoms with Crippen molar-refractivity contribution in [3.63, 3.8) is 0 Å². The standard InChI is InChI=1S/C28H23ClF6N2O5/c1-13(25(38)39)15-4-6-22(41-3)20(10-15)19-5-7-23(29)36-21(19)12-37-14(2)24(42-26(37)40)16-8-17(27(30,31)32)11-18(9-16)28(33,34)35/h4-11,13-14,24H,12H2,1-3H3,(H,38,39)/t13?,14-,24-/m0/s1. The minimum absolute atomic E-state index is 0.00239. The molecule has 1 aliphatic heterocycles. The van der Waals surface area contributed by atoms with E-state index in [-0.39, 0.29) is 23.5 Å². The normalized spacial score (nSPS) is 18.1. The second-order valence-electron chi connectivity index (χ2n) is 9.66. The lowest BCUT2D eigenvalue weighted by atomic mass is 9.94. The highest BCUT2D eigenvalue weighted by Gasteiger charge is 2.43. The van der Waals surface area contributed by atoms with E-state index in [1.54, 1.807) is 24.3 Å². The van der Waals surface area contributed by atoms with E-state index in [4.69, 9.17) is 21.1 Å². The van der Waals surface area contributed by atoms with Gasteiger partial charge in [-0.05, 0) is 67.4 Å². The quantitative estimate of drug-likeness (QED) is 0.216. The van der Waals surface area contributed by atoms with E-state index in [1.807, 2.05) is 0 Å². The molecule has 1 amide bonds. The number of alkyl halides is 6. The number of ether oxygens (including phenoxy) is 2. The third kappa shape index (κ3) is 6.25. The molecular weight excluding hydrogens is 594 g/mol. The zero-order valence-corrected chi connectivity index (χ0v) is 22.9. The van der Waals surface area contributed by atoms with Crippen LogP contribution in [-0.2, 0) is 28.4 Å². The Morgan fingerprint density at radius 2 is 1.67 bits per heavy atom. The summed E-state index contributed by atoms with van der Waals surface area (Å²) in [5.41, 5.74) is -2.07. The Hall–Kier alpha value is -4.00. The summed E-state index contributed by atoms with van der Waals surface area (Å²) < 4.78 is 91.4. The van der Waals surface area contributed by atoms with Gasteiger partial charge in [-0.15, -0.1) is 0 Å². The molecule has 3 aromatic rings. The fourth-order valence-electron chi connectivity index (χ4n) is 4.65. The van der Waals surface area contributed by atoms with Gasteiger partial charge in [-0.25, -0.2) is 9.78 Å². The van der Waals surface area contributed by atoms with E-state index in [1.165, 1.54) is 27.0 Å². The Morgan fingerprint density at radius 1 is 1.05 bits per heavy atom. The van der Waals surface area contributed by atoms with E-state index in [0.29, 0.717) is 34.6 Å². The molecule has 1 saturated heterocycles. The van der Waals surface area contributed by atoms with Crippen LogP contribution in [0.15, 0.2) is 48.5 Å². The summed E-state index contributed by atoms with van der Waals surface area (Å²) in [5, 5.41) is 9.50. The van der Waals surface area contributed by atoms with E-state index in [2.05, 4.69) is 4.98 Å². The molecule has 4 rings (SSSR count). The highest BCUT2D eigenvalue weighted by molar-refractivity contribution is 6.29. The third-order valence-corrected chi connectivity index (χ3v) is 7.19. The Morgan fingerprint density at radius 3 is 2.21 bits per heavy atom. The molecule has 1 fully saturated rings. The maximum atomic E-state index is 13.4. The first-order valence-electron chi connectivity index (χ1n) is 12.3. The van der Waals surface area contributed by atoms with Gasteiger partial charge in [0.1, 0.15) is 17.0 Å². The number of benzene rings is 2. The number of hydrogen-bond acceptors (Lipinski definition) is 5. The number of carbonyl (C=O) groups excluding carboxylic acids is 1. The van der Waals surface area contributed by atoms with Gasteiger partial charge in [-0.2, -0.15) is 26.3 Å². The summed E-state index contributed by atoms with van der Waals surface area (Å²) in [4.78, 5) is 29.9. The van der Waals surface area contributed by atoms with Gasteiger partial charge in [0.25, 0.3) is 0 Å². The van der Waals surface area contributed by atoms with E-state index in [0.717, 1.165) is 4.90 Å². The van der Waals surface area contributed by atoms with Gasteiger partial charge in [0.15, 0.2) is 0 Å². The van der Waals surface area contributed by atoms with Gasteiger partial charge in [0.2, 0.25) is 0 Å². The zero-order chi connectivity index (χ0) is 31.1. The van der Waals surface area contributed by atoms with Gasteiger partial charge in [-0.3, -0.25) is 9.69 Å². The number of carbonyl (C=O) groups is 2. The molecule has 0 radical (unpaired) electrons. The van der Waals surface area contributed by atoms with Crippen molar-refractivity contribution in [1.29, 1.82) is 0 Å². The molecule has 1 aromatic heterocycles. The van der Waals surface area contributed by atoms with Crippen LogP contribution in [0.2, 0.25) is 5.15 Å². The lowest BCUT2D eigenvalue weighted by Crippen LogP contribution is -2.32. The van der Waals surface area contributed by atoms with Crippen molar-refractivity contribution in [2.45, 2.75) is 50.8 Å². The predicted octanol–water partition coefficient (Wildman–Crippen LogP) is 7.72. The van der Waals surface area contributed by atoms with E-state index in [9.17, 15) is 41.0 Å². The predicted molar refractivity (Wildman–Crippen MR) is 138 cm³/mol. The molecule has 3 atom stereocenters. The van der Waals surface area contributed by atoms with Gasteiger partial charge in [0, 0.05) is 11.1 Å². The maximum Gasteiger partial charge on any atom is 0.416 e. The molecule has 1 N–H and O–H groups in total. The van der Waals surface area contributed by atoms with Crippen LogP contribution in [0.5, 0.6) is 5.75 Å². The number of halogens is 7. The second kappa shape index (κ2) is 11.3. The number of rotatable bonds is 7. The van der Waals surface area contributed by atoms with Gasteiger partial charge >= 0.3 is 24.4 Å². The fourth-order valence-corrected chi connectivity index (χ4v) is 4.82. The van der Waals surface area contributed by atoms with Crippen LogP contribution in [0.3, 0.4) is 0 Å². The molecule has 1 aliphatic rings. The topological polar surface area (TPSA) is 89.0 Å². The first kappa shape index (κ1) is 30.9. The SMILES string of the molecule is COc1ccc(C(C)C(=O)O)cc1-c1ccc(Cl)nc1CN1C(=O)O[C@H](c2cc(C(F)(F)F)cc(C(F)(F)F)c2)[C@@H]1C. The van der Waals surface area contributed by atoms with Crippen LogP contribution < -0.4 is 4.74 Å². The average molecular weight is 617 g/mol. The Labute approximate surface area is 240 Å². The first-order valence-corrected chi connectivity index (χ1v) is 12.7. The van der Waals surface area contributed by atoms with Crippen molar-refractivity contribution in [2.24, 2.45) is 0 Å². The van der Waals surface area contributed by atoms with Crippen molar-refractivity contribution < 1.29 is 50.5 Å². The van der Waals surface area contributed by atoms with Crippen molar-refractivity contribution >= 4 is 23.7 Å². The van der Waals surface area contributed by atoms with E-state index < -0.39 is 59.2 Å². The number of pyridine rings is 1. The number of cyclic esters (lactones) is 1. The lowest BCUT2D eigenvalue weighted by Gasteiger charge is -2.23. The van der Waals surface area contributed by atoms with Crippen molar-refractivity contribution in [1.82, 2.24) is 9.88 Å². The number of methoxy groups -OCH3 is 1. The Bertz CT molecular complexity index is 1500. The van der Waals surface area contributed by atoms with Crippen molar-refractivity contribution in [3.05, 3.63) is 81.6 Å². The first-order chi connectivity index (χ1) is 19.5. The average Bonchev–Trinajstić information content (AvgIpc) is 3.19. The minimum Gasteiger partial charge on any atom is -0.496 e. The van der Waals surface area contributed by atoms with E-state index >= 15 is 0 Å². The molecule has 0 aliphatic carbocycles. The summed E-state index contributed by atoms with van der Waals surface area (Å²) in [6, 6.07) is 7.80. The van der Waals surface area contributed by atoms with Gasteiger partial charge in [0.05, 0.1) is 42.4 Å². The van der Waals surface area contributed by atoms with Gasteiger partial charge < -0.3 is 14.6 Å². The Balaban J connectivity index is 1.74. The second-order valence-corrected chi connectivity index (χ2v) is 10.0. The maximum absolute atomic E-state index is 13.4. The van der Waals surface area contributed by atoms with Crippen molar-refractivity contribution in [2.75, 3.05) is 7.11 Å². The molecular formula is C28H23ClF6N2O5. The molecule has 1 unspecified atom stereocenters. The van der Waals surface area contributed by atoms with Crippen molar-refractivity contribution in [3.8, 4) is 16.9 Å². The van der Waals surface area contributed by atoms with Crippen LogP contribution in [0.25, 0.3) is 11.1 Å². The summed E-state index contributed by atoms with van der Waals surface area (Å²) in [6.07, 6.45) is -12.6. The largest absolute Gasteiger partial charge is 0.496 e. The van der Waals surface area contributed by atoms with Crippen LogP contribution in [-0.4, -0.2) is 40.2 Å². The molecule has 42 heavy (non-hydrogen) atoms. The van der Waals surface area contributed by atoms with Crippen LogP contribution in [0.4, 0.5) is 31.1 Å². The summed E-state index contributed by atoms with van der Waals surface area (Å²) in [7, 11) is 1.40. The number of aromatic nitrogens is 1. The monoisotopic (exact) mass is 616 g/mol. The number of hydrogen-bond donors (Lipinski definition) is 1. The number of nitrogens with zero attached hydrogens (tertiary/aromatic N) is 2. The summed E-state index contributed by atoms with van der Waals surface area (Å²) in [6.45, 7) is 2.62. The highest BCUT2D eigenvalue weighted by atomic mass is 35.5. The molecule has 7 nitrogen and oxygen atoms in total. The molecule has 0 bridgehead atoms. The number of amides is 1. The smallest absolute Gasteiger partial charge is 0.416 e. The molecule has 2 heterocycles.